The summed E-state index contributed by atoms with van der Waals surface area (Å²) in [5, 5.41) is 9.80. The molecule has 0 amide bonds. The third-order valence-electron chi connectivity index (χ3n) is 5.68. The fourth-order valence-electron chi connectivity index (χ4n) is 4.02. The highest BCUT2D eigenvalue weighted by molar-refractivity contribution is 6.08. The molecule has 0 spiro atoms. The van der Waals surface area contributed by atoms with Crippen LogP contribution >= 0.6 is 0 Å². The number of aryl methyl sites for hydroxylation is 1. The van der Waals surface area contributed by atoms with Crippen LogP contribution in [0.5, 0.6) is 0 Å². The lowest BCUT2D eigenvalue weighted by molar-refractivity contribution is -0.118. The van der Waals surface area contributed by atoms with Crippen molar-refractivity contribution in [2.45, 2.75) is 26.7 Å². The van der Waals surface area contributed by atoms with Gasteiger partial charge >= 0.3 is 5.97 Å². The summed E-state index contributed by atoms with van der Waals surface area (Å²) in [5.74, 6) is -1.23. The molecule has 2 aromatic carbocycles. The first-order valence-corrected chi connectivity index (χ1v) is 10.6. The minimum atomic E-state index is -0.624. The number of ether oxygens (including phenoxy) is 1. The number of esters is 1. The Bertz CT molecular complexity index is 1370. The van der Waals surface area contributed by atoms with E-state index in [1.54, 1.807) is 6.07 Å². The van der Waals surface area contributed by atoms with Gasteiger partial charge in [0.2, 0.25) is 5.78 Å². The number of pyridine rings is 1. The van der Waals surface area contributed by atoms with E-state index in [0.29, 0.717) is 22.9 Å². The molecule has 3 aromatic rings. The number of hydrogen-bond donors (Lipinski definition) is 1. The summed E-state index contributed by atoms with van der Waals surface area (Å²) in [4.78, 5) is 30.3. The molecule has 0 atom stereocenters. The molecule has 1 aromatic heterocycles. The monoisotopic (exact) mass is 437 g/mol. The van der Waals surface area contributed by atoms with Gasteiger partial charge in [-0.1, -0.05) is 48.0 Å². The number of carbonyl (C=O) groups is 2. The maximum absolute atomic E-state index is 13.2. The van der Waals surface area contributed by atoms with Crippen LogP contribution in [0.1, 0.15) is 46.1 Å². The van der Waals surface area contributed by atoms with Crippen molar-refractivity contribution in [2.24, 2.45) is 5.73 Å². The molecule has 0 bridgehead atoms. The third kappa shape index (κ3) is 4.39. The van der Waals surface area contributed by atoms with Crippen molar-refractivity contribution in [3.05, 3.63) is 87.7 Å². The van der Waals surface area contributed by atoms with E-state index < -0.39 is 18.4 Å². The zero-order valence-electron chi connectivity index (χ0n) is 18.5. The molecular weight excluding hydrogens is 414 g/mol. The van der Waals surface area contributed by atoms with Gasteiger partial charge in [0.15, 0.2) is 6.61 Å². The first-order valence-electron chi connectivity index (χ1n) is 10.6. The molecule has 0 saturated carbocycles. The van der Waals surface area contributed by atoms with E-state index in [9.17, 15) is 9.59 Å². The van der Waals surface area contributed by atoms with Crippen molar-refractivity contribution < 1.29 is 14.3 Å². The Kier molecular flexibility index (Phi) is 6.05. The smallest absolute Gasteiger partial charge is 0.339 e. The van der Waals surface area contributed by atoms with Crippen LogP contribution in [0.3, 0.4) is 0 Å². The SMILES string of the molecule is C/C(N)=C(/C#N)C(=O)COC(=O)c1c2c(nc3ccccc13)/C(=C/c1ccc(C)cc1)CC2. The van der Waals surface area contributed by atoms with Gasteiger partial charge in [0.1, 0.15) is 11.6 Å². The minimum Gasteiger partial charge on any atom is -0.454 e. The second-order valence-corrected chi connectivity index (χ2v) is 8.08. The largest absolute Gasteiger partial charge is 0.454 e. The first kappa shape index (κ1) is 22.0. The number of nitrogens with zero attached hydrogens (tertiary/aromatic N) is 2. The van der Waals surface area contributed by atoms with E-state index in [2.05, 4.69) is 30.3 Å². The molecule has 1 aliphatic carbocycles. The number of aromatic nitrogens is 1. The lowest BCUT2D eigenvalue weighted by Gasteiger charge is -2.12. The van der Waals surface area contributed by atoms with Crippen molar-refractivity contribution in [3.8, 4) is 6.07 Å². The van der Waals surface area contributed by atoms with Crippen molar-refractivity contribution in [1.29, 1.82) is 5.26 Å². The topological polar surface area (TPSA) is 106 Å². The number of para-hydroxylation sites is 1. The van der Waals surface area contributed by atoms with E-state index in [1.807, 2.05) is 31.2 Å². The normalized spacial score (nSPS) is 14.5. The van der Waals surface area contributed by atoms with E-state index in [0.717, 1.165) is 28.8 Å². The Morgan fingerprint density at radius 1 is 1.15 bits per heavy atom. The molecule has 0 saturated heterocycles. The molecule has 1 heterocycles. The number of benzene rings is 2. The van der Waals surface area contributed by atoms with Crippen LogP contribution in [-0.4, -0.2) is 23.3 Å². The van der Waals surface area contributed by atoms with Gasteiger partial charge in [-0.05, 0) is 55.5 Å². The fraction of sp³-hybridized carbons (Fsp3) is 0.185. The summed E-state index contributed by atoms with van der Waals surface area (Å²) in [6.07, 6.45) is 3.49. The number of rotatable bonds is 5. The summed E-state index contributed by atoms with van der Waals surface area (Å²) >= 11 is 0. The summed E-state index contributed by atoms with van der Waals surface area (Å²) < 4.78 is 5.35. The van der Waals surface area contributed by atoms with Gasteiger partial charge in [-0.25, -0.2) is 9.78 Å². The summed E-state index contributed by atoms with van der Waals surface area (Å²) in [5.41, 5.74) is 11.5. The van der Waals surface area contributed by atoms with Gasteiger partial charge in [0, 0.05) is 11.1 Å². The number of fused-ring (bicyclic) bond motifs is 2. The van der Waals surface area contributed by atoms with Crippen LogP contribution in [0, 0.1) is 18.3 Å². The number of allylic oxidation sites excluding steroid dienone is 2. The molecule has 4 rings (SSSR count). The van der Waals surface area contributed by atoms with Crippen LogP contribution in [0.4, 0.5) is 0 Å². The van der Waals surface area contributed by atoms with Gasteiger partial charge < -0.3 is 10.5 Å². The maximum Gasteiger partial charge on any atom is 0.339 e. The van der Waals surface area contributed by atoms with Crippen molar-refractivity contribution in [1.82, 2.24) is 4.98 Å². The summed E-state index contributed by atoms with van der Waals surface area (Å²) in [6, 6.07) is 17.4. The molecule has 0 unspecified atom stereocenters. The van der Waals surface area contributed by atoms with Crippen molar-refractivity contribution >= 4 is 34.3 Å². The molecule has 6 nitrogen and oxygen atoms in total. The Morgan fingerprint density at radius 3 is 2.58 bits per heavy atom. The molecule has 164 valence electrons. The number of carbonyl (C=O) groups excluding carboxylic acids is 2. The highest BCUT2D eigenvalue weighted by Crippen LogP contribution is 2.37. The molecule has 0 aliphatic heterocycles. The predicted molar refractivity (Wildman–Crippen MR) is 127 cm³/mol. The number of Topliss-reactive ketones (excluding diaryl/α,β-unsaturated/α-hetero) is 1. The van der Waals surface area contributed by atoms with Crippen molar-refractivity contribution in [2.75, 3.05) is 6.61 Å². The Hall–Kier alpha value is -4.24. The molecular formula is C27H23N3O3. The Morgan fingerprint density at radius 2 is 1.88 bits per heavy atom. The van der Waals surface area contributed by atoms with Gasteiger partial charge in [-0.2, -0.15) is 5.26 Å². The molecule has 0 fully saturated rings. The number of hydrogen-bond acceptors (Lipinski definition) is 6. The molecule has 0 radical (unpaired) electrons. The quantitative estimate of drug-likeness (QED) is 0.358. The highest BCUT2D eigenvalue weighted by atomic mass is 16.5. The fourth-order valence-corrected chi connectivity index (χ4v) is 4.02. The standard InChI is InChI=1S/C27H23N3O3/c1-16-7-9-18(10-8-16)13-19-11-12-21-25(20-5-3-4-6-23(20)30-26(19)21)27(32)33-15-24(31)22(14-28)17(2)29/h3-10,13H,11-12,15,29H2,1-2H3/b19-13+,22-17+. The second-order valence-electron chi connectivity index (χ2n) is 8.08. The predicted octanol–water partition coefficient (Wildman–Crippen LogP) is 4.51. The molecule has 33 heavy (non-hydrogen) atoms. The van der Waals surface area contributed by atoms with Gasteiger partial charge in [0.25, 0.3) is 0 Å². The van der Waals surface area contributed by atoms with Crippen LogP contribution in [0.25, 0.3) is 22.6 Å². The van der Waals surface area contributed by atoms with Gasteiger partial charge in [-0.15, -0.1) is 0 Å². The molecule has 1 aliphatic rings. The molecule has 2 N–H and O–H groups in total. The van der Waals surface area contributed by atoms with Crippen LogP contribution < -0.4 is 5.73 Å². The van der Waals surface area contributed by atoms with E-state index >= 15 is 0 Å². The van der Waals surface area contributed by atoms with Crippen LogP contribution in [0.15, 0.2) is 59.8 Å². The average Bonchev–Trinajstić information content (AvgIpc) is 3.19. The maximum atomic E-state index is 13.2. The van der Waals surface area contributed by atoms with Gasteiger partial charge in [-0.3, -0.25) is 4.79 Å². The van der Waals surface area contributed by atoms with Gasteiger partial charge in [0.05, 0.1) is 16.8 Å². The highest BCUT2D eigenvalue weighted by Gasteiger charge is 2.28. The lowest BCUT2D eigenvalue weighted by Crippen LogP contribution is -2.19. The van der Waals surface area contributed by atoms with Crippen LogP contribution in [-0.2, 0) is 16.0 Å². The lowest BCUT2D eigenvalue weighted by atomic mass is 10.0. The van der Waals surface area contributed by atoms with E-state index in [4.69, 9.17) is 20.7 Å². The zero-order chi connectivity index (χ0) is 23.5. The third-order valence-corrected chi connectivity index (χ3v) is 5.68. The first-order chi connectivity index (χ1) is 15.9. The zero-order valence-corrected chi connectivity index (χ0v) is 18.5. The molecule has 6 heteroatoms. The second kappa shape index (κ2) is 9.09. The van der Waals surface area contributed by atoms with E-state index in [-0.39, 0.29) is 11.3 Å². The van der Waals surface area contributed by atoms with Crippen molar-refractivity contribution in [3.63, 3.8) is 0 Å². The number of nitrogens with two attached hydrogens (primary N) is 1. The number of nitriles is 1. The van der Waals surface area contributed by atoms with E-state index in [1.165, 1.54) is 12.5 Å². The van der Waals surface area contributed by atoms with Crippen LogP contribution in [0.2, 0.25) is 0 Å². The summed E-state index contributed by atoms with van der Waals surface area (Å²) in [7, 11) is 0. The number of ketones is 1. The average molecular weight is 437 g/mol. The summed E-state index contributed by atoms with van der Waals surface area (Å²) in [6.45, 7) is 2.96. The minimum absolute atomic E-state index is 0.0969. The Labute approximate surface area is 192 Å². The Balaban J connectivity index is 1.73.